The van der Waals surface area contributed by atoms with E-state index in [9.17, 15) is 9.90 Å². The van der Waals surface area contributed by atoms with Crippen molar-refractivity contribution in [1.29, 1.82) is 0 Å². The van der Waals surface area contributed by atoms with E-state index in [-0.39, 0.29) is 18.4 Å². The summed E-state index contributed by atoms with van der Waals surface area (Å²) in [6.45, 7) is 8.14. The quantitative estimate of drug-likeness (QED) is 0.859. The van der Waals surface area contributed by atoms with Crippen molar-refractivity contribution in [1.82, 2.24) is 0 Å². The minimum atomic E-state index is -0.884. The fourth-order valence-electron chi connectivity index (χ4n) is 1.85. The van der Waals surface area contributed by atoms with Crippen LogP contribution in [0.5, 0.6) is 11.5 Å². The van der Waals surface area contributed by atoms with Crippen LogP contribution in [-0.2, 0) is 16.6 Å². The fourth-order valence-corrected chi connectivity index (χ4v) is 1.85. The maximum absolute atomic E-state index is 10.5. The van der Waals surface area contributed by atoms with E-state index in [1.165, 1.54) is 0 Å². The van der Waals surface area contributed by atoms with Crippen molar-refractivity contribution in [2.45, 2.75) is 46.0 Å². The van der Waals surface area contributed by atoms with Crippen molar-refractivity contribution < 1.29 is 19.7 Å². The van der Waals surface area contributed by atoms with E-state index in [2.05, 4.69) is 0 Å². The lowest BCUT2D eigenvalue weighted by Crippen LogP contribution is -2.13. The molecule has 0 aliphatic carbocycles. The Kier molecular flexibility index (Phi) is 4.81. The topological polar surface area (TPSA) is 66.8 Å². The van der Waals surface area contributed by atoms with E-state index in [0.717, 1.165) is 11.1 Å². The van der Waals surface area contributed by atoms with Crippen molar-refractivity contribution in [3.05, 3.63) is 23.3 Å². The van der Waals surface area contributed by atoms with Gasteiger partial charge in [-0.1, -0.05) is 27.7 Å². The number of hydrogen-bond donors (Lipinski definition) is 2. The molecule has 1 aromatic carbocycles. The molecule has 0 unspecified atom stereocenters. The molecule has 0 fully saturated rings. The van der Waals surface area contributed by atoms with E-state index in [4.69, 9.17) is 9.84 Å². The molecule has 0 aromatic heterocycles. The Morgan fingerprint density at radius 3 is 2.42 bits per heavy atom. The Labute approximate surface area is 114 Å². The molecule has 1 rings (SSSR count). The summed E-state index contributed by atoms with van der Waals surface area (Å²) in [5, 5.41) is 18.8. The lowest BCUT2D eigenvalue weighted by molar-refractivity contribution is -0.137. The molecule has 2 N–H and O–H groups in total. The van der Waals surface area contributed by atoms with Crippen LogP contribution in [-0.4, -0.2) is 22.8 Å². The highest BCUT2D eigenvalue weighted by molar-refractivity contribution is 5.66. The third kappa shape index (κ3) is 4.16. The smallest absolute Gasteiger partial charge is 0.306 e. The third-order valence-electron chi connectivity index (χ3n) is 2.94. The van der Waals surface area contributed by atoms with Crippen LogP contribution in [0.3, 0.4) is 0 Å². The van der Waals surface area contributed by atoms with Crippen LogP contribution in [0, 0.1) is 0 Å². The number of carboxylic acids is 1. The van der Waals surface area contributed by atoms with Crippen LogP contribution >= 0.6 is 0 Å². The molecule has 0 bridgehead atoms. The maximum Gasteiger partial charge on any atom is 0.306 e. The Bertz CT molecular complexity index is 458. The molecule has 4 heteroatoms. The van der Waals surface area contributed by atoms with Crippen LogP contribution in [0.25, 0.3) is 0 Å². The molecular weight excluding hydrogens is 244 g/mol. The van der Waals surface area contributed by atoms with Gasteiger partial charge in [0.1, 0.15) is 11.5 Å². The van der Waals surface area contributed by atoms with Crippen molar-refractivity contribution in [2.75, 3.05) is 6.61 Å². The number of rotatable bonds is 5. The number of aromatic hydroxyl groups is 1. The van der Waals surface area contributed by atoms with Gasteiger partial charge in [0.05, 0.1) is 13.0 Å². The lowest BCUT2D eigenvalue weighted by atomic mass is 9.84. The van der Waals surface area contributed by atoms with Gasteiger partial charge in [-0.2, -0.15) is 0 Å². The molecule has 19 heavy (non-hydrogen) atoms. The second-order valence-corrected chi connectivity index (χ2v) is 5.57. The van der Waals surface area contributed by atoms with Gasteiger partial charge >= 0.3 is 5.97 Å². The van der Waals surface area contributed by atoms with Gasteiger partial charge in [-0.25, -0.2) is 0 Å². The number of benzene rings is 1. The monoisotopic (exact) mass is 266 g/mol. The first-order valence-electron chi connectivity index (χ1n) is 6.46. The molecule has 0 spiro atoms. The van der Waals surface area contributed by atoms with Crippen molar-refractivity contribution in [3.8, 4) is 11.5 Å². The normalized spacial score (nSPS) is 11.4. The first-order valence-corrected chi connectivity index (χ1v) is 6.46. The van der Waals surface area contributed by atoms with Gasteiger partial charge in [-0.05, 0) is 29.5 Å². The van der Waals surface area contributed by atoms with Crippen molar-refractivity contribution in [3.63, 3.8) is 0 Å². The number of aliphatic carboxylic acids is 1. The number of phenols is 1. The van der Waals surface area contributed by atoms with Gasteiger partial charge in [0.2, 0.25) is 0 Å². The predicted octanol–water partition coefficient (Wildman–Crippen LogP) is 3.11. The van der Waals surface area contributed by atoms with E-state index in [1.807, 2.05) is 27.7 Å². The van der Waals surface area contributed by atoms with Crippen LogP contribution in [0.4, 0.5) is 0 Å². The van der Waals surface area contributed by atoms with E-state index >= 15 is 0 Å². The Hall–Kier alpha value is -1.71. The number of aryl methyl sites for hydroxylation is 1. The molecule has 0 aliphatic heterocycles. The fraction of sp³-hybridized carbons (Fsp3) is 0.533. The number of ether oxygens (including phenoxy) is 1. The summed E-state index contributed by atoms with van der Waals surface area (Å²) in [6, 6.07) is 3.56. The molecule has 0 saturated heterocycles. The Morgan fingerprint density at radius 1 is 1.32 bits per heavy atom. The maximum atomic E-state index is 10.5. The molecule has 0 amide bonds. The zero-order valence-corrected chi connectivity index (χ0v) is 12.0. The van der Waals surface area contributed by atoms with Crippen molar-refractivity contribution in [2.24, 2.45) is 0 Å². The average molecular weight is 266 g/mol. The van der Waals surface area contributed by atoms with E-state index < -0.39 is 5.97 Å². The molecule has 0 heterocycles. The molecule has 0 radical (unpaired) electrons. The first kappa shape index (κ1) is 15.3. The molecule has 106 valence electrons. The summed E-state index contributed by atoms with van der Waals surface area (Å²) >= 11 is 0. The zero-order chi connectivity index (χ0) is 14.6. The van der Waals surface area contributed by atoms with Crippen molar-refractivity contribution >= 4 is 5.97 Å². The van der Waals surface area contributed by atoms with Gasteiger partial charge in [0, 0.05) is 5.56 Å². The highest BCUT2D eigenvalue weighted by Gasteiger charge is 2.21. The summed E-state index contributed by atoms with van der Waals surface area (Å²) < 4.78 is 5.46. The summed E-state index contributed by atoms with van der Waals surface area (Å²) in [7, 11) is 0. The number of carbonyl (C=O) groups is 1. The van der Waals surface area contributed by atoms with Crippen LogP contribution in [0.2, 0.25) is 0 Å². The van der Waals surface area contributed by atoms with Gasteiger partial charge in [0.15, 0.2) is 0 Å². The van der Waals surface area contributed by atoms with Crippen LogP contribution < -0.4 is 4.74 Å². The summed E-state index contributed by atoms with van der Waals surface area (Å²) in [6.07, 6.45) is 0.665. The zero-order valence-electron chi connectivity index (χ0n) is 12.0. The summed E-state index contributed by atoms with van der Waals surface area (Å²) in [5.41, 5.74) is 1.44. The second-order valence-electron chi connectivity index (χ2n) is 5.57. The molecule has 0 saturated carbocycles. The molecule has 0 aliphatic rings. The van der Waals surface area contributed by atoms with Gasteiger partial charge in [-0.3, -0.25) is 4.79 Å². The minimum Gasteiger partial charge on any atom is -0.507 e. The van der Waals surface area contributed by atoms with Crippen LogP contribution in [0.15, 0.2) is 12.1 Å². The predicted molar refractivity (Wildman–Crippen MR) is 73.9 cm³/mol. The first-order chi connectivity index (χ1) is 8.75. The molecule has 4 nitrogen and oxygen atoms in total. The number of hydrogen-bond acceptors (Lipinski definition) is 3. The third-order valence-corrected chi connectivity index (χ3v) is 2.94. The number of phenolic OH excluding ortho intramolecular Hbond substituents is 1. The van der Waals surface area contributed by atoms with Gasteiger partial charge in [-0.15, -0.1) is 0 Å². The number of carboxylic acid groups (broad SMARTS) is 1. The molecule has 1 aromatic rings. The Balaban J connectivity index is 3.03. The standard InChI is InChI=1S/C15H22O4/c1-5-10-8-11(19-7-6-13(16)17)9-12(14(10)18)15(2,3)4/h8-9,18H,5-7H2,1-4H3,(H,16,17). The van der Waals surface area contributed by atoms with E-state index in [1.54, 1.807) is 12.1 Å². The highest BCUT2D eigenvalue weighted by atomic mass is 16.5. The summed E-state index contributed by atoms with van der Waals surface area (Å²) in [5.74, 6) is 0.0342. The van der Waals surface area contributed by atoms with Gasteiger partial charge in [0.25, 0.3) is 0 Å². The Morgan fingerprint density at radius 2 is 1.95 bits per heavy atom. The lowest BCUT2D eigenvalue weighted by Gasteiger charge is -2.23. The van der Waals surface area contributed by atoms with E-state index in [0.29, 0.717) is 17.9 Å². The molecule has 0 atom stereocenters. The minimum absolute atomic E-state index is 0.0345. The second kappa shape index (κ2) is 5.95. The average Bonchev–Trinajstić information content (AvgIpc) is 2.28. The SMILES string of the molecule is CCc1cc(OCCC(=O)O)cc(C(C)(C)C)c1O. The summed E-state index contributed by atoms with van der Waals surface area (Å²) in [4.78, 5) is 10.5. The highest BCUT2D eigenvalue weighted by Crippen LogP contribution is 2.36. The molecular formula is C15H22O4. The largest absolute Gasteiger partial charge is 0.507 e. The van der Waals surface area contributed by atoms with Crippen LogP contribution in [0.1, 0.15) is 45.2 Å². The van der Waals surface area contributed by atoms with Gasteiger partial charge < -0.3 is 14.9 Å².